The van der Waals surface area contributed by atoms with Crippen molar-refractivity contribution in [2.45, 2.75) is 25.1 Å². The zero-order valence-electron chi connectivity index (χ0n) is 9.37. The van der Waals surface area contributed by atoms with Crippen molar-refractivity contribution in [2.75, 3.05) is 26.7 Å². The van der Waals surface area contributed by atoms with Crippen LogP contribution in [0.4, 0.5) is 13.2 Å². The average Bonchev–Trinajstić information content (AvgIpc) is 2.09. The lowest BCUT2D eigenvalue weighted by molar-refractivity contribution is -0.176. The highest BCUT2D eigenvalue weighted by Crippen LogP contribution is 2.29. The highest BCUT2D eigenvalue weighted by atomic mass is 19.4. The molecule has 0 heterocycles. The topological polar surface area (TPSA) is 49.5 Å². The second-order valence-corrected chi connectivity index (χ2v) is 4.69. The first-order valence-electron chi connectivity index (χ1n) is 5.46. The SMILES string of the molecule is CN(CC1CC(O)C1)CC(CN)C(F)(F)F. The summed E-state index contributed by atoms with van der Waals surface area (Å²) in [4.78, 5) is 1.65. The molecule has 1 atom stereocenters. The van der Waals surface area contributed by atoms with Crippen LogP contribution < -0.4 is 5.73 Å². The number of nitrogens with zero attached hydrogens (tertiary/aromatic N) is 1. The van der Waals surface area contributed by atoms with Gasteiger partial charge in [0, 0.05) is 19.6 Å². The molecule has 1 aliphatic rings. The minimum absolute atomic E-state index is 0.0629. The van der Waals surface area contributed by atoms with Gasteiger partial charge in [0.2, 0.25) is 0 Å². The number of hydrogen-bond acceptors (Lipinski definition) is 3. The molecule has 1 rings (SSSR count). The predicted molar refractivity (Wildman–Crippen MR) is 54.8 cm³/mol. The van der Waals surface area contributed by atoms with Crippen molar-refractivity contribution in [3.63, 3.8) is 0 Å². The Bertz CT molecular complexity index is 217. The number of hydrogen-bond donors (Lipinski definition) is 2. The molecule has 3 N–H and O–H groups in total. The molecule has 0 bridgehead atoms. The van der Waals surface area contributed by atoms with Gasteiger partial charge in [-0.05, 0) is 25.8 Å². The van der Waals surface area contributed by atoms with E-state index in [1.165, 1.54) is 0 Å². The first-order chi connectivity index (χ1) is 7.32. The van der Waals surface area contributed by atoms with Crippen LogP contribution in [0.25, 0.3) is 0 Å². The molecule has 96 valence electrons. The van der Waals surface area contributed by atoms with Gasteiger partial charge in [0.1, 0.15) is 0 Å². The van der Waals surface area contributed by atoms with Gasteiger partial charge >= 0.3 is 6.18 Å². The molecule has 1 aliphatic carbocycles. The van der Waals surface area contributed by atoms with E-state index in [4.69, 9.17) is 10.8 Å². The Hall–Kier alpha value is -0.330. The van der Waals surface area contributed by atoms with Crippen LogP contribution in [0.3, 0.4) is 0 Å². The number of aliphatic hydroxyl groups excluding tert-OH is 1. The Labute approximate surface area is 93.4 Å². The molecule has 16 heavy (non-hydrogen) atoms. The summed E-state index contributed by atoms with van der Waals surface area (Å²) < 4.78 is 37.3. The Morgan fingerprint density at radius 1 is 1.44 bits per heavy atom. The summed E-state index contributed by atoms with van der Waals surface area (Å²) in [5.41, 5.74) is 5.12. The van der Waals surface area contributed by atoms with Crippen LogP contribution in [-0.4, -0.2) is 49.0 Å². The lowest BCUT2D eigenvalue weighted by Crippen LogP contribution is -2.43. The average molecular weight is 240 g/mol. The number of rotatable bonds is 5. The molecule has 0 aromatic rings. The van der Waals surface area contributed by atoms with Crippen molar-refractivity contribution in [1.29, 1.82) is 0 Å². The van der Waals surface area contributed by atoms with Gasteiger partial charge in [-0.2, -0.15) is 13.2 Å². The molecule has 0 saturated heterocycles. The molecule has 0 amide bonds. The molecule has 0 aromatic heterocycles. The first kappa shape index (κ1) is 13.7. The van der Waals surface area contributed by atoms with Gasteiger partial charge in [-0.15, -0.1) is 0 Å². The maximum atomic E-state index is 12.4. The van der Waals surface area contributed by atoms with Crippen LogP contribution in [0.5, 0.6) is 0 Å². The van der Waals surface area contributed by atoms with Crippen LogP contribution in [0.1, 0.15) is 12.8 Å². The third-order valence-electron chi connectivity index (χ3n) is 3.06. The minimum Gasteiger partial charge on any atom is -0.393 e. The van der Waals surface area contributed by atoms with Crippen LogP contribution >= 0.6 is 0 Å². The standard InChI is InChI=1S/C10H19F3N2O/c1-15(5-7-2-9(16)3-7)6-8(4-14)10(11,12)13/h7-9,16H,2-6,14H2,1H3. The van der Waals surface area contributed by atoms with Crippen molar-refractivity contribution in [3.05, 3.63) is 0 Å². The summed E-state index contributed by atoms with van der Waals surface area (Å²) >= 11 is 0. The summed E-state index contributed by atoms with van der Waals surface area (Å²) in [6, 6.07) is 0. The molecule has 1 saturated carbocycles. The fourth-order valence-corrected chi connectivity index (χ4v) is 2.05. The number of aliphatic hydroxyl groups is 1. The summed E-state index contributed by atoms with van der Waals surface area (Å²) in [6.07, 6.45) is -3.08. The van der Waals surface area contributed by atoms with Crippen LogP contribution in [0.15, 0.2) is 0 Å². The smallest absolute Gasteiger partial charge is 0.393 e. The predicted octanol–water partition coefficient (Wildman–Crippen LogP) is 0.826. The molecule has 0 radical (unpaired) electrons. The molecule has 1 unspecified atom stereocenters. The van der Waals surface area contributed by atoms with E-state index < -0.39 is 12.1 Å². The van der Waals surface area contributed by atoms with Crippen molar-refractivity contribution in [1.82, 2.24) is 4.90 Å². The third-order valence-corrected chi connectivity index (χ3v) is 3.06. The molecule has 6 heteroatoms. The van der Waals surface area contributed by atoms with Gasteiger partial charge in [0.15, 0.2) is 0 Å². The van der Waals surface area contributed by atoms with Crippen molar-refractivity contribution >= 4 is 0 Å². The van der Waals surface area contributed by atoms with Gasteiger partial charge in [-0.1, -0.05) is 0 Å². The molecular weight excluding hydrogens is 221 g/mol. The molecule has 0 aromatic carbocycles. The molecule has 3 nitrogen and oxygen atoms in total. The lowest BCUT2D eigenvalue weighted by Gasteiger charge is -2.35. The Balaban J connectivity index is 2.29. The third kappa shape index (κ3) is 3.92. The van der Waals surface area contributed by atoms with E-state index in [0.29, 0.717) is 25.3 Å². The maximum Gasteiger partial charge on any atom is 0.394 e. The van der Waals surface area contributed by atoms with Gasteiger partial charge in [-0.3, -0.25) is 0 Å². The Morgan fingerprint density at radius 3 is 2.38 bits per heavy atom. The largest absolute Gasteiger partial charge is 0.394 e. The number of nitrogens with two attached hydrogens (primary N) is 1. The van der Waals surface area contributed by atoms with Crippen molar-refractivity contribution < 1.29 is 18.3 Å². The van der Waals surface area contributed by atoms with E-state index in [0.717, 1.165) is 0 Å². The zero-order chi connectivity index (χ0) is 12.3. The molecule has 1 fully saturated rings. The second kappa shape index (κ2) is 5.33. The monoisotopic (exact) mass is 240 g/mol. The van der Waals surface area contributed by atoms with E-state index in [1.807, 2.05) is 0 Å². The van der Waals surface area contributed by atoms with Gasteiger partial charge in [0.05, 0.1) is 12.0 Å². The number of alkyl halides is 3. The quantitative estimate of drug-likeness (QED) is 0.748. The van der Waals surface area contributed by atoms with Crippen LogP contribution in [0, 0.1) is 11.8 Å². The normalized spacial score (nSPS) is 27.9. The minimum atomic E-state index is -4.22. The van der Waals surface area contributed by atoms with E-state index >= 15 is 0 Å². The van der Waals surface area contributed by atoms with Crippen LogP contribution in [-0.2, 0) is 0 Å². The van der Waals surface area contributed by atoms with Gasteiger partial charge in [-0.25, -0.2) is 0 Å². The van der Waals surface area contributed by atoms with Crippen molar-refractivity contribution in [2.24, 2.45) is 17.6 Å². The molecular formula is C10H19F3N2O. The summed E-state index contributed by atoms with van der Waals surface area (Å²) in [5, 5.41) is 9.07. The van der Waals surface area contributed by atoms with E-state index in [-0.39, 0.29) is 19.2 Å². The van der Waals surface area contributed by atoms with E-state index in [9.17, 15) is 13.2 Å². The van der Waals surface area contributed by atoms with Gasteiger partial charge in [0.25, 0.3) is 0 Å². The zero-order valence-corrected chi connectivity index (χ0v) is 9.37. The van der Waals surface area contributed by atoms with Gasteiger partial charge < -0.3 is 15.7 Å². The summed E-state index contributed by atoms with van der Waals surface area (Å²) in [6.45, 7) is 0.164. The molecule has 0 spiro atoms. The highest BCUT2D eigenvalue weighted by Gasteiger charge is 2.39. The highest BCUT2D eigenvalue weighted by molar-refractivity contribution is 4.81. The fraction of sp³-hybridized carbons (Fsp3) is 1.00. The fourth-order valence-electron chi connectivity index (χ4n) is 2.05. The summed E-state index contributed by atoms with van der Waals surface area (Å²) in [5.74, 6) is -1.13. The Morgan fingerprint density at radius 2 is 2.00 bits per heavy atom. The van der Waals surface area contributed by atoms with Crippen molar-refractivity contribution in [3.8, 4) is 0 Å². The van der Waals surface area contributed by atoms with Crippen LogP contribution in [0.2, 0.25) is 0 Å². The Kier molecular flexibility index (Phi) is 4.58. The number of halogens is 3. The molecule has 0 aliphatic heterocycles. The van der Waals surface area contributed by atoms with E-state index in [1.54, 1.807) is 11.9 Å². The lowest BCUT2D eigenvalue weighted by atomic mass is 9.82. The maximum absolute atomic E-state index is 12.4. The van der Waals surface area contributed by atoms with E-state index in [2.05, 4.69) is 0 Å². The first-order valence-corrected chi connectivity index (χ1v) is 5.46. The summed E-state index contributed by atoms with van der Waals surface area (Å²) in [7, 11) is 1.67. The second-order valence-electron chi connectivity index (χ2n) is 4.69.